The lowest BCUT2D eigenvalue weighted by molar-refractivity contribution is 0.670. The van der Waals surface area contributed by atoms with Crippen molar-refractivity contribution in [2.75, 3.05) is 7.05 Å². The second kappa shape index (κ2) is 6.02. The zero-order valence-corrected chi connectivity index (χ0v) is 12.4. The number of para-hydroxylation sites is 2. The smallest absolute Gasteiger partial charge is 0.0890 e. The van der Waals surface area contributed by atoms with E-state index in [4.69, 9.17) is 4.98 Å². The van der Waals surface area contributed by atoms with Gasteiger partial charge in [-0.2, -0.15) is 0 Å². The molecular formula is C18H19N3. The van der Waals surface area contributed by atoms with E-state index in [1.54, 1.807) is 0 Å². The van der Waals surface area contributed by atoms with Gasteiger partial charge >= 0.3 is 0 Å². The summed E-state index contributed by atoms with van der Waals surface area (Å²) in [7, 11) is 1.95. The molecule has 3 rings (SSSR count). The topological polar surface area (TPSA) is 37.8 Å². The molecule has 1 unspecified atom stereocenters. The van der Waals surface area contributed by atoms with E-state index in [2.05, 4.69) is 41.5 Å². The third-order valence-corrected chi connectivity index (χ3v) is 3.77. The fraction of sp³-hybridized carbons (Fsp3) is 0.222. The first-order valence-corrected chi connectivity index (χ1v) is 7.29. The number of hydrogen-bond donors (Lipinski definition) is 1. The van der Waals surface area contributed by atoms with Crippen LogP contribution in [0.3, 0.4) is 0 Å². The molecule has 0 aliphatic heterocycles. The summed E-state index contributed by atoms with van der Waals surface area (Å²) in [6.07, 6.45) is 2.91. The van der Waals surface area contributed by atoms with Crippen molar-refractivity contribution in [1.29, 1.82) is 0 Å². The van der Waals surface area contributed by atoms with Gasteiger partial charge in [-0.15, -0.1) is 0 Å². The van der Waals surface area contributed by atoms with E-state index in [1.165, 1.54) is 11.1 Å². The average Bonchev–Trinajstić information content (AvgIpc) is 2.56. The molecule has 3 heteroatoms. The maximum atomic E-state index is 4.74. The lowest BCUT2D eigenvalue weighted by atomic mass is 10.0. The van der Waals surface area contributed by atoms with Gasteiger partial charge in [0, 0.05) is 0 Å². The van der Waals surface area contributed by atoms with Gasteiger partial charge in [-0.25, -0.2) is 4.98 Å². The number of benzene rings is 2. The number of aromatic nitrogens is 2. The SMILES string of the molecule is CCc1ccc(C(NC)c2cnc3ccccc3n2)cc1. The summed E-state index contributed by atoms with van der Waals surface area (Å²) < 4.78 is 0. The van der Waals surface area contributed by atoms with E-state index >= 15 is 0 Å². The van der Waals surface area contributed by atoms with Crippen LogP contribution in [0.5, 0.6) is 0 Å². The minimum atomic E-state index is 0.0630. The third-order valence-electron chi connectivity index (χ3n) is 3.77. The van der Waals surface area contributed by atoms with Crippen molar-refractivity contribution in [3.63, 3.8) is 0 Å². The molecule has 106 valence electrons. The van der Waals surface area contributed by atoms with Crippen LogP contribution in [0.25, 0.3) is 11.0 Å². The second-order valence-electron chi connectivity index (χ2n) is 5.10. The standard InChI is InChI=1S/C18H19N3/c1-3-13-8-10-14(11-9-13)18(19-2)17-12-20-15-6-4-5-7-16(15)21-17/h4-12,18-19H,3H2,1-2H3. The monoisotopic (exact) mass is 277 g/mol. The molecule has 0 aliphatic rings. The average molecular weight is 277 g/mol. The maximum absolute atomic E-state index is 4.74. The number of rotatable bonds is 4. The summed E-state index contributed by atoms with van der Waals surface area (Å²) in [4.78, 5) is 9.25. The van der Waals surface area contributed by atoms with E-state index in [0.29, 0.717) is 0 Å². The van der Waals surface area contributed by atoms with Crippen LogP contribution in [0.4, 0.5) is 0 Å². The fourth-order valence-corrected chi connectivity index (χ4v) is 2.54. The third kappa shape index (κ3) is 2.78. The molecule has 0 spiro atoms. The van der Waals surface area contributed by atoms with Crippen molar-refractivity contribution in [3.8, 4) is 0 Å². The van der Waals surface area contributed by atoms with Crippen molar-refractivity contribution in [2.24, 2.45) is 0 Å². The van der Waals surface area contributed by atoms with E-state index in [1.807, 2.05) is 37.5 Å². The quantitative estimate of drug-likeness (QED) is 0.793. The van der Waals surface area contributed by atoms with E-state index in [-0.39, 0.29) is 6.04 Å². The lowest BCUT2D eigenvalue weighted by Gasteiger charge is -2.16. The first-order chi connectivity index (χ1) is 10.3. The van der Waals surface area contributed by atoms with Crippen LogP contribution in [-0.4, -0.2) is 17.0 Å². The van der Waals surface area contributed by atoms with E-state index in [9.17, 15) is 0 Å². The van der Waals surface area contributed by atoms with Crippen LogP contribution >= 0.6 is 0 Å². The number of hydrogen-bond acceptors (Lipinski definition) is 3. The van der Waals surface area contributed by atoms with Crippen LogP contribution in [0.15, 0.2) is 54.7 Å². The molecule has 3 nitrogen and oxygen atoms in total. The Hall–Kier alpha value is -2.26. The van der Waals surface area contributed by atoms with Crippen LogP contribution in [-0.2, 0) is 6.42 Å². The first-order valence-electron chi connectivity index (χ1n) is 7.29. The van der Waals surface area contributed by atoms with Gasteiger partial charge in [0.25, 0.3) is 0 Å². The Morgan fingerprint density at radius 3 is 2.38 bits per heavy atom. The summed E-state index contributed by atoms with van der Waals surface area (Å²) in [6, 6.07) is 16.7. The lowest BCUT2D eigenvalue weighted by Crippen LogP contribution is -2.19. The van der Waals surface area contributed by atoms with E-state index in [0.717, 1.165) is 23.1 Å². The number of nitrogens with zero attached hydrogens (tertiary/aromatic N) is 2. The highest BCUT2D eigenvalue weighted by atomic mass is 14.9. The van der Waals surface area contributed by atoms with Gasteiger partial charge in [0.1, 0.15) is 0 Å². The number of aryl methyl sites for hydroxylation is 1. The van der Waals surface area contributed by atoms with Crippen LogP contribution in [0, 0.1) is 0 Å². The molecule has 0 saturated carbocycles. The van der Waals surface area contributed by atoms with Gasteiger partial charge in [0.2, 0.25) is 0 Å². The Morgan fingerprint density at radius 2 is 1.71 bits per heavy atom. The first kappa shape index (κ1) is 13.7. The molecule has 21 heavy (non-hydrogen) atoms. The Labute approximate surface area is 125 Å². The van der Waals surface area contributed by atoms with E-state index < -0.39 is 0 Å². The van der Waals surface area contributed by atoms with Gasteiger partial charge in [0.15, 0.2) is 0 Å². The van der Waals surface area contributed by atoms with Gasteiger partial charge in [-0.3, -0.25) is 4.98 Å². The highest BCUT2D eigenvalue weighted by molar-refractivity contribution is 5.73. The molecule has 0 radical (unpaired) electrons. The van der Waals surface area contributed by atoms with Crippen LogP contribution < -0.4 is 5.32 Å². The molecule has 0 amide bonds. The minimum absolute atomic E-state index is 0.0630. The van der Waals surface area contributed by atoms with Crippen molar-refractivity contribution < 1.29 is 0 Å². The molecule has 0 fully saturated rings. The largest absolute Gasteiger partial charge is 0.308 e. The van der Waals surface area contributed by atoms with Crippen LogP contribution in [0.1, 0.15) is 29.8 Å². The van der Waals surface area contributed by atoms with Crippen LogP contribution in [0.2, 0.25) is 0 Å². The van der Waals surface area contributed by atoms with Gasteiger partial charge in [0.05, 0.1) is 29.0 Å². The van der Waals surface area contributed by atoms with Gasteiger partial charge in [-0.1, -0.05) is 43.3 Å². The second-order valence-corrected chi connectivity index (χ2v) is 5.10. The maximum Gasteiger partial charge on any atom is 0.0890 e. The van der Waals surface area contributed by atoms with Gasteiger partial charge in [-0.05, 0) is 36.7 Å². The molecule has 0 aliphatic carbocycles. The molecule has 2 aromatic carbocycles. The highest BCUT2D eigenvalue weighted by Gasteiger charge is 2.14. The normalized spacial score (nSPS) is 12.5. The zero-order chi connectivity index (χ0) is 14.7. The number of fused-ring (bicyclic) bond motifs is 1. The Kier molecular flexibility index (Phi) is 3.93. The van der Waals surface area contributed by atoms with Crippen molar-refractivity contribution in [3.05, 3.63) is 71.5 Å². The summed E-state index contributed by atoms with van der Waals surface area (Å²) in [6.45, 7) is 2.17. The Morgan fingerprint density at radius 1 is 1.00 bits per heavy atom. The zero-order valence-electron chi connectivity index (χ0n) is 12.4. The van der Waals surface area contributed by atoms with Crippen molar-refractivity contribution in [1.82, 2.24) is 15.3 Å². The Bertz CT molecular complexity index is 735. The highest BCUT2D eigenvalue weighted by Crippen LogP contribution is 2.21. The Balaban J connectivity index is 2.00. The van der Waals surface area contributed by atoms with Gasteiger partial charge < -0.3 is 5.32 Å². The molecule has 1 aromatic heterocycles. The summed E-state index contributed by atoms with van der Waals surface area (Å²) in [5, 5.41) is 3.33. The molecule has 1 atom stereocenters. The fourth-order valence-electron chi connectivity index (χ4n) is 2.54. The molecule has 0 bridgehead atoms. The molecule has 0 saturated heterocycles. The van der Waals surface area contributed by atoms with Crippen molar-refractivity contribution in [2.45, 2.75) is 19.4 Å². The summed E-state index contributed by atoms with van der Waals surface area (Å²) in [5.41, 5.74) is 5.36. The minimum Gasteiger partial charge on any atom is -0.308 e. The number of nitrogens with one attached hydrogen (secondary N) is 1. The molecule has 1 N–H and O–H groups in total. The summed E-state index contributed by atoms with van der Waals surface area (Å²) in [5.74, 6) is 0. The van der Waals surface area contributed by atoms with Crippen molar-refractivity contribution >= 4 is 11.0 Å². The molecular weight excluding hydrogens is 258 g/mol. The predicted octanol–water partition coefficient (Wildman–Crippen LogP) is 3.50. The molecule has 1 heterocycles. The summed E-state index contributed by atoms with van der Waals surface area (Å²) >= 11 is 0. The predicted molar refractivity (Wildman–Crippen MR) is 86.3 cm³/mol. The molecule has 3 aromatic rings.